The number of ether oxygens (including phenoxy) is 1. The van der Waals surface area contributed by atoms with Gasteiger partial charge in [-0.05, 0) is 37.0 Å². The fourth-order valence-electron chi connectivity index (χ4n) is 6.33. The Morgan fingerprint density at radius 1 is 1.02 bits per heavy atom. The van der Waals surface area contributed by atoms with Crippen LogP contribution >= 0.6 is 11.3 Å². The van der Waals surface area contributed by atoms with Gasteiger partial charge in [0, 0.05) is 47.8 Å². The Hall–Kier alpha value is -6.45. The number of hydrogen-bond donors (Lipinski definition) is 10. The molecule has 1 aliphatic heterocycles. The Morgan fingerprint density at radius 3 is 2.46 bits per heavy atom. The fourth-order valence-corrected chi connectivity index (χ4v) is 7.15. The van der Waals surface area contributed by atoms with Crippen LogP contribution in [0.1, 0.15) is 69.8 Å². The molecule has 21 heteroatoms. The number of benzene rings is 1. The number of aromatic amines is 1. The number of fused-ring (bicyclic) bond motifs is 3. The summed E-state index contributed by atoms with van der Waals surface area (Å²) in [6, 6.07) is 1.19. The van der Waals surface area contributed by atoms with E-state index in [4.69, 9.17) is 4.74 Å². The molecule has 1 aromatic carbocycles. The van der Waals surface area contributed by atoms with Crippen molar-refractivity contribution < 1.29 is 48.2 Å². The largest absolute Gasteiger partial charge is 0.382 e. The molecule has 3 aromatic rings. The van der Waals surface area contributed by atoms with E-state index in [1.807, 2.05) is 24.3 Å². The second-order valence-corrected chi connectivity index (χ2v) is 16.0. The van der Waals surface area contributed by atoms with Crippen LogP contribution in [0.25, 0.3) is 23.1 Å². The second kappa shape index (κ2) is 23.7. The molecule has 2 bridgehead atoms. The molecule has 8 atom stereocenters. The molecule has 4 rings (SSSR count). The maximum atomic E-state index is 14.2. The summed E-state index contributed by atoms with van der Waals surface area (Å²) in [4.78, 5) is 114. The van der Waals surface area contributed by atoms with Crippen LogP contribution < -0.4 is 42.5 Å². The van der Waals surface area contributed by atoms with Crippen molar-refractivity contribution in [1.82, 2.24) is 52.5 Å². The van der Waals surface area contributed by atoms with Crippen LogP contribution in [-0.4, -0.2) is 120 Å². The van der Waals surface area contributed by atoms with Gasteiger partial charge in [0.25, 0.3) is 11.8 Å². The van der Waals surface area contributed by atoms with Crippen molar-refractivity contribution in [3.05, 3.63) is 64.0 Å². The lowest BCUT2D eigenvalue weighted by Crippen LogP contribution is -2.61. The van der Waals surface area contributed by atoms with E-state index in [9.17, 15) is 43.5 Å². The maximum absolute atomic E-state index is 14.2. The van der Waals surface area contributed by atoms with Crippen molar-refractivity contribution in [2.45, 2.75) is 83.8 Å². The Balaban J connectivity index is 1.77. The number of carbonyl (C=O) groups excluding carboxylic acids is 8. The average molecular weight is 893 g/mol. The molecule has 0 radical (unpaired) electrons. The van der Waals surface area contributed by atoms with E-state index in [2.05, 4.69) is 52.5 Å². The highest BCUT2D eigenvalue weighted by Crippen LogP contribution is 2.22. The molecule has 1 aliphatic rings. The van der Waals surface area contributed by atoms with Crippen LogP contribution in [0.4, 0.5) is 0 Å². The first-order valence-corrected chi connectivity index (χ1v) is 21.3. The molecule has 63 heavy (non-hydrogen) atoms. The number of carbonyl (C=O) groups is 8. The minimum atomic E-state index is -1.69. The highest BCUT2D eigenvalue weighted by atomic mass is 32.1. The number of H-pyrrole nitrogens is 1. The van der Waals surface area contributed by atoms with Crippen molar-refractivity contribution in [2.24, 2.45) is 11.8 Å². The monoisotopic (exact) mass is 892 g/mol. The van der Waals surface area contributed by atoms with E-state index < -0.39 is 95.9 Å². The molecule has 10 N–H and O–H groups in total. The van der Waals surface area contributed by atoms with Gasteiger partial charge >= 0.3 is 0 Å². The van der Waals surface area contributed by atoms with Crippen molar-refractivity contribution in [3.63, 3.8) is 0 Å². The number of hydrogen-bond acceptors (Lipinski definition) is 13. The number of aliphatic hydroxyl groups excluding tert-OH is 1. The van der Waals surface area contributed by atoms with Gasteiger partial charge in [0.15, 0.2) is 0 Å². The lowest BCUT2D eigenvalue weighted by atomic mass is 9.94. The Labute approximate surface area is 368 Å². The third kappa shape index (κ3) is 13.8. The minimum Gasteiger partial charge on any atom is -0.382 e. The summed E-state index contributed by atoms with van der Waals surface area (Å²) in [7, 11) is 1.42. The summed E-state index contributed by atoms with van der Waals surface area (Å²) < 4.78 is 5.31. The highest BCUT2D eigenvalue weighted by Gasteiger charge is 2.36. The molecule has 0 aliphatic carbocycles. The van der Waals surface area contributed by atoms with Crippen LogP contribution in [0.15, 0.2) is 47.7 Å². The Bertz CT molecular complexity index is 2190. The van der Waals surface area contributed by atoms with E-state index in [1.54, 1.807) is 45.3 Å². The van der Waals surface area contributed by atoms with E-state index in [1.165, 1.54) is 37.5 Å². The van der Waals surface area contributed by atoms with Crippen molar-refractivity contribution in [1.29, 1.82) is 0 Å². The van der Waals surface area contributed by atoms with E-state index in [-0.39, 0.29) is 19.0 Å². The number of para-hydroxylation sites is 1. The SMILES string of the molecule is CCC(C)[C@H](NC(=O)[C@H](O)CNC=O)C(=O)N[C@H]1CN/C(=C/c2c[nH]c3ccccc23)NC(=O)/C=C/c2csc(n2)C(COC)NC(=O)C(=O)[C@@H](C(C)CC)NC(=O)[C@H](C)NC1=O. The molecule has 0 spiro atoms. The van der Waals surface area contributed by atoms with Crippen molar-refractivity contribution in [3.8, 4) is 0 Å². The third-order valence-electron chi connectivity index (χ3n) is 10.4. The number of thiazole rings is 1. The zero-order valence-corrected chi connectivity index (χ0v) is 36.7. The molecule has 3 heterocycles. The van der Waals surface area contributed by atoms with Gasteiger partial charge in [0.05, 0.1) is 24.9 Å². The quantitative estimate of drug-likeness (QED) is 0.0750. The van der Waals surface area contributed by atoms with Crippen LogP contribution in [0.2, 0.25) is 0 Å². The van der Waals surface area contributed by atoms with Gasteiger partial charge in [-0.15, -0.1) is 11.3 Å². The summed E-state index contributed by atoms with van der Waals surface area (Å²) >= 11 is 1.17. The molecule has 7 amide bonds. The standard InChI is InChI=1S/C42H56N10O10S/c1-7-22(3)34-36(56)41(61)49-30(19-62-6)42-47-26(20-63-42)13-14-33(55)50-32(15-25-16-44-28-12-10-9-11-27(25)28)45-17-29(38(58)46-24(5)37(57)51-34)48-40(60)35(23(4)8-2)52-39(59)31(54)18-43-21-53/h9-16,20-24,29-31,34-35,44-45,54H,7-8,17-19H2,1-6H3,(H,43,53)(H,46,58)(H,48,60)(H,49,61)(H,50,55)(H,51,57)(H,52,59)/b14-13+,32-15-/t22?,23?,24-,29-,30?,31+,34+,35-/m0/s1. The van der Waals surface area contributed by atoms with Gasteiger partial charge < -0.3 is 57.4 Å². The van der Waals surface area contributed by atoms with Crippen LogP contribution in [0.5, 0.6) is 0 Å². The number of aliphatic hydroxyl groups is 1. The van der Waals surface area contributed by atoms with Gasteiger partial charge in [0.1, 0.15) is 41.1 Å². The van der Waals surface area contributed by atoms with Crippen molar-refractivity contribution >= 4 is 82.0 Å². The predicted molar refractivity (Wildman–Crippen MR) is 234 cm³/mol. The normalized spacial score (nSPS) is 22.4. The average Bonchev–Trinajstić information content (AvgIpc) is 3.92. The van der Waals surface area contributed by atoms with Gasteiger partial charge in [-0.1, -0.05) is 58.7 Å². The summed E-state index contributed by atoms with van der Waals surface area (Å²) in [6.07, 6.45) is 5.40. The lowest BCUT2D eigenvalue weighted by molar-refractivity contribution is -0.142. The highest BCUT2D eigenvalue weighted by molar-refractivity contribution is 7.09. The maximum Gasteiger partial charge on any atom is 0.290 e. The number of Topliss-reactive ketones (excluding diaryl/α,β-unsaturated/α-hetero) is 1. The smallest absolute Gasteiger partial charge is 0.290 e. The number of nitrogens with zero attached hydrogens (tertiary/aromatic N) is 1. The first-order valence-electron chi connectivity index (χ1n) is 20.5. The summed E-state index contributed by atoms with van der Waals surface area (Å²) in [5, 5.41) is 34.1. The zero-order chi connectivity index (χ0) is 46.2. The van der Waals surface area contributed by atoms with Crippen LogP contribution in [0, 0.1) is 11.8 Å². The molecule has 340 valence electrons. The van der Waals surface area contributed by atoms with E-state index in [0.717, 1.165) is 10.9 Å². The van der Waals surface area contributed by atoms with Gasteiger partial charge in [0.2, 0.25) is 35.8 Å². The van der Waals surface area contributed by atoms with Crippen molar-refractivity contribution in [2.75, 3.05) is 26.8 Å². The molecule has 0 saturated carbocycles. The number of rotatable bonds is 14. The van der Waals surface area contributed by atoms with E-state index >= 15 is 0 Å². The van der Waals surface area contributed by atoms with Gasteiger partial charge in [-0.25, -0.2) is 4.98 Å². The summed E-state index contributed by atoms with van der Waals surface area (Å²) in [6.45, 7) is 7.41. The van der Waals surface area contributed by atoms with E-state index in [0.29, 0.717) is 35.5 Å². The lowest BCUT2D eigenvalue weighted by Gasteiger charge is -2.29. The fraction of sp³-hybridized carbons (Fsp3) is 0.452. The number of nitrogens with one attached hydrogen (secondary N) is 9. The van der Waals surface area contributed by atoms with Gasteiger partial charge in [-0.2, -0.15) is 0 Å². The van der Waals surface area contributed by atoms with Crippen LogP contribution in [0.3, 0.4) is 0 Å². The number of aromatic nitrogens is 2. The minimum absolute atomic E-state index is 0.0454. The molecular formula is C42H56N10O10S. The Kier molecular flexibility index (Phi) is 18.5. The van der Waals surface area contributed by atoms with Crippen LogP contribution in [-0.2, 0) is 43.1 Å². The molecule has 20 nitrogen and oxygen atoms in total. The number of amides is 7. The second-order valence-electron chi connectivity index (χ2n) is 15.1. The number of methoxy groups -OCH3 is 1. The molecular weight excluding hydrogens is 837 g/mol. The molecule has 3 unspecified atom stereocenters. The first kappa shape index (κ1) is 49.2. The topological polar surface area (TPSA) is 291 Å². The molecule has 0 saturated heterocycles. The molecule has 0 fully saturated rings. The molecule has 2 aromatic heterocycles. The summed E-state index contributed by atoms with van der Waals surface area (Å²) in [5.74, 6) is -6.95. The third-order valence-corrected chi connectivity index (χ3v) is 11.4. The summed E-state index contributed by atoms with van der Waals surface area (Å²) in [5.41, 5.74) is 1.82. The Morgan fingerprint density at radius 2 is 1.76 bits per heavy atom. The van der Waals surface area contributed by atoms with Gasteiger partial charge in [-0.3, -0.25) is 38.4 Å². The first-order chi connectivity index (χ1) is 30.1. The zero-order valence-electron chi connectivity index (χ0n) is 35.9. The number of ketones is 1. The predicted octanol–water partition coefficient (Wildman–Crippen LogP) is -0.113.